The fourth-order valence-electron chi connectivity index (χ4n) is 2.84. The lowest BCUT2D eigenvalue weighted by molar-refractivity contribution is -0.136. The molecule has 31 heavy (non-hydrogen) atoms. The Morgan fingerprint density at radius 2 is 1.61 bits per heavy atom. The number of ether oxygens (including phenoxy) is 2. The van der Waals surface area contributed by atoms with Gasteiger partial charge in [0.05, 0.1) is 36.7 Å². The number of amides is 2. The Labute approximate surface area is 182 Å². The molecule has 2 N–H and O–H groups in total. The predicted octanol–water partition coefficient (Wildman–Crippen LogP) is 5.96. The third kappa shape index (κ3) is 6.52. The Hall–Kier alpha value is -2.94. The third-order valence-corrected chi connectivity index (χ3v) is 4.61. The van der Waals surface area contributed by atoms with E-state index in [9.17, 15) is 22.8 Å². The molecule has 168 valence electrons. The van der Waals surface area contributed by atoms with E-state index in [0.29, 0.717) is 18.7 Å². The van der Waals surface area contributed by atoms with Crippen LogP contribution >= 0.6 is 11.6 Å². The van der Waals surface area contributed by atoms with Gasteiger partial charge in [0.2, 0.25) is 0 Å². The monoisotopic (exact) mass is 458 g/mol. The summed E-state index contributed by atoms with van der Waals surface area (Å²) in [7, 11) is 2.73. The highest BCUT2D eigenvalue weighted by molar-refractivity contribution is 6.17. The number of hydrogen-bond donors (Lipinski definition) is 2. The zero-order chi connectivity index (χ0) is 23.0. The second-order valence-electron chi connectivity index (χ2n) is 6.44. The van der Waals surface area contributed by atoms with E-state index in [-0.39, 0.29) is 35.0 Å². The summed E-state index contributed by atoms with van der Waals surface area (Å²) >= 11 is 5.64. The first-order valence-electron chi connectivity index (χ1n) is 9.30. The lowest BCUT2D eigenvalue weighted by atomic mass is 10.0. The van der Waals surface area contributed by atoms with E-state index >= 15 is 0 Å². The van der Waals surface area contributed by atoms with Crippen molar-refractivity contribution < 1.29 is 32.2 Å². The minimum atomic E-state index is -4.63. The number of Topliss-reactive ketones (excluding diaryl/α,β-unsaturated/α-hetero) is 1. The van der Waals surface area contributed by atoms with E-state index in [4.69, 9.17) is 21.1 Å². The summed E-state index contributed by atoms with van der Waals surface area (Å²) in [5, 5.41) is 4.61. The van der Waals surface area contributed by atoms with Crippen LogP contribution in [0.2, 0.25) is 0 Å². The molecule has 0 atom stereocenters. The molecule has 0 fully saturated rings. The Morgan fingerprint density at radius 3 is 2.23 bits per heavy atom. The number of carbonyl (C=O) groups excluding carboxylic acids is 2. The van der Waals surface area contributed by atoms with Gasteiger partial charge < -0.3 is 20.1 Å². The summed E-state index contributed by atoms with van der Waals surface area (Å²) in [6.45, 7) is 0. The summed E-state index contributed by atoms with van der Waals surface area (Å²) < 4.78 is 49.9. The largest absolute Gasteiger partial charge is 0.496 e. The average molecular weight is 459 g/mol. The number of halogens is 4. The molecule has 10 heteroatoms. The zero-order valence-corrected chi connectivity index (χ0v) is 17.7. The fraction of sp³-hybridized carbons (Fsp3) is 0.333. The van der Waals surface area contributed by atoms with Gasteiger partial charge in [-0.3, -0.25) is 4.79 Å². The lowest BCUT2D eigenvalue weighted by Gasteiger charge is -2.17. The van der Waals surface area contributed by atoms with Crippen molar-refractivity contribution in [2.75, 3.05) is 30.7 Å². The van der Waals surface area contributed by atoms with Gasteiger partial charge in [0.1, 0.15) is 11.5 Å². The number of carbonyl (C=O) groups is 2. The molecule has 0 aliphatic carbocycles. The van der Waals surface area contributed by atoms with Gasteiger partial charge in [0.25, 0.3) is 0 Å². The highest BCUT2D eigenvalue weighted by Crippen LogP contribution is 2.36. The van der Waals surface area contributed by atoms with Crippen LogP contribution in [-0.2, 0) is 6.18 Å². The zero-order valence-electron chi connectivity index (χ0n) is 16.9. The van der Waals surface area contributed by atoms with E-state index in [1.807, 2.05) is 0 Å². The smallest absolute Gasteiger partial charge is 0.418 e. The van der Waals surface area contributed by atoms with E-state index in [1.54, 1.807) is 0 Å². The number of unbranched alkanes of at least 4 members (excludes halogenated alkanes) is 1. The average Bonchev–Trinajstić information content (AvgIpc) is 2.73. The number of nitrogens with one attached hydrogen (secondary N) is 2. The second kappa shape index (κ2) is 10.9. The van der Waals surface area contributed by atoms with Gasteiger partial charge in [0, 0.05) is 18.4 Å². The summed E-state index contributed by atoms with van der Waals surface area (Å²) in [5.41, 5.74) is -1.07. The summed E-state index contributed by atoms with van der Waals surface area (Å²) in [4.78, 5) is 25.0. The Bertz CT molecular complexity index is 935. The summed E-state index contributed by atoms with van der Waals surface area (Å²) in [6.07, 6.45) is -3.17. The van der Waals surface area contributed by atoms with Gasteiger partial charge in [-0.1, -0.05) is 12.1 Å². The van der Waals surface area contributed by atoms with E-state index in [2.05, 4.69) is 10.6 Å². The quantitative estimate of drug-likeness (QED) is 0.276. The van der Waals surface area contributed by atoms with E-state index in [0.717, 1.165) is 12.1 Å². The van der Waals surface area contributed by atoms with Crippen molar-refractivity contribution in [1.82, 2.24) is 0 Å². The molecule has 0 aliphatic heterocycles. The standard InChI is InChI=1S/C21H22ClF3N2O4/c1-30-18-12-19(31-2)16(11-13(18)17(28)9-5-6-10-22)27-20(29)26-15-8-4-3-7-14(15)21(23,24)25/h3-4,7-8,11-12H,5-6,9-10H2,1-2H3,(H2,26,27,29). The van der Waals surface area contributed by atoms with Gasteiger partial charge in [-0.05, 0) is 31.0 Å². The molecule has 0 aromatic heterocycles. The maximum absolute atomic E-state index is 13.1. The Balaban J connectivity index is 2.28. The van der Waals surface area contributed by atoms with Gasteiger partial charge in [-0.15, -0.1) is 11.6 Å². The van der Waals surface area contributed by atoms with Crippen LogP contribution in [0.1, 0.15) is 35.2 Å². The second-order valence-corrected chi connectivity index (χ2v) is 6.82. The first-order valence-corrected chi connectivity index (χ1v) is 9.84. The SMILES string of the molecule is COc1cc(OC)c(C(=O)CCCCCl)cc1NC(=O)Nc1ccccc1C(F)(F)F. The molecule has 0 spiro atoms. The van der Waals surface area contributed by atoms with E-state index in [1.165, 1.54) is 38.5 Å². The van der Waals surface area contributed by atoms with Gasteiger partial charge in [-0.25, -0.2) is 4.79 Å². The van der Waals surface area contributed by atoms with Crippen molar-refractivity contribution >= 4 is 34.8 Å². The summed E-state index contributed by atoms with van der Waals surface area (Å²) in [6, 6.07) is 6.46. The Kier molecular flexibility index (Phi) is 8.56. The summed E-state index contributed by atoms with van der Waals surface area (Å²) in [5.74, 6) is 0.629. The van der Waals surface area contributed by atoms with Crippen LogP contribution < -0.4 is 20.1 Å². The molecule has 0 heterocycles. The molecular weight excluding hydrogens is 437 g/mol. The van der Waals surface area contributed by atoms with Crippen molar-refractivity contribution in [3.63, 3.8) is 0 Å². The van der Waals surface area contributed by atoms with Crippen molar-refractivity contribution in [3.05, 3.63) is 47.5 Å². The number of para-hydroxylation sites is 1. The number of benzene rings is 2. The van der Waals surface area contributed by atoms with E-state index < -0.39 is 23.5 Å². The predicted molar refractivity (Wildman–Crippen MR) is 113 cm³/mol. The van der Waals surface area contributed by atoms with Crippen LogP contribution in [0.3, 0.4) is 0 Å². The molecule has 2 rings (SSSR count). The molecule has 2 aromatic carbocycles. The topological polar surface area (TPSA) is 76.7 Å². The number of ketones is 1. The third-order valence-electron chi connectivity index (χ3n) is 4.34. The number of rotatable bonds is 9. The van der Waals surface area contributed by atoms with Crippen LogP contribution in [0, 0.1) is 0 Å². The van der Waals surface area contributed by atoms with Crippen molar-refractivity contribution in [3.8, 4) is 11.5 Å². The van der Waals surface area contributed by atoms with Crippen LogP contribution in [0.25, 0.3) is 0 Å². The molecular formula is C21H22ClF3N2O4. The molecule has 0 saturated carbocycles. The molecule has 0 saturated heterocycles. The lowest BCUT2D eigenvalue weighted by Crippen LogP contribution is -2.22. The van der Waals surface area contributed by atoms with Gasteiger partial charge >= 0.3 is 12.2 Å². The molecule has 0 aliphatic rings. The minimum absolute atomic E-state index is 0.103. The first-order chi connectivity index (χ1) is 14.7. The van der Waals surface area contributed by atoms with Crippen LogP contribution in [0.15, 0.2) is 36.4 Å². The Morgan fingerprint density at radius 1 is 0.968 bits per heavy atom. The highest BCUT2D eigenvalue weighted by Gasteiger charge is 2.33. The molecule has 6 nitrogen and oxygen atoms in total. The number of anilines is 2. The number of urea groups is 1. The van der Waals surface area contributed by atoms with Gasteiger partial charge in [0.15, 0.2) is 5.78 Å². The normalized spacial score (nSPS) is 11.0. The minimum Gasteiger partial charge on any atom is -0.496 e. The molecule has 0 radical (unpaired) electrons. The fourth-order valence-corrected chi connectivity index (χ4v) is 3.03. The maximum atomic E-state index is 13.1. The van der Waals surface area contributed by atoms with Crippen LogP contribution in [-0.4, -0.2) is 31.9 Å². The molecule has 2 aromatic rings. The molecule has 2 amide bonds. The number of methoxy groups -OCH3 is 2. The van der Waals surface area contributed by atoms with Crippen LogP contribution in [0.4, 0.5) is 29.3 Å². The van der Waals surface area contributed by atoms with Crippen molar-refractivity contribution in [2.45, 2.75) is 25.4 Å². The number of hydrogen-bond acceptors (Lipinski definition) is 4. The molecule has 0 bridgehead atoms. The van der Waals surface area contributed by atoms with Crippen molar-refractivity contribution in [2.24, 2.45) is 0 Å². The number of alkyl halides is 4. The first kappa shape index (κ1) is 24.3. The molecule has 0 unspecified atom stereocenters. The maximum Gasteiger partial charge on any atom is 0.418 e. The highest BCUT2D eigenvalue weighted by atomic mass is 35.5. The van der Waals surface area contributed by atoms with Gasteiger partial charge in [-0.2, -0.15) is 13.2 Å². The van der Waals surface area contributed by atoms with Crippen LogP contribution in [0.5, 0.6) is 11.5 Å². The van der Waals surface area contributed by atoms with Crippen molar-refractivity contribution in [1.29, 1.82) is 0 Å².